The molecule has 0 radical (unpaired) electrons. The second-order valence-corrected chi connectivity index (χ2v) is 10.7. The Bertz CT molecular complexity index is 1340. The Labute approximate surface area is 222 Å². The number of esters is 1. The Morgan fingerprint density at radius 1 is 1.00 bits per heavy atom. The summed E-state index contributed by atoms with van der Waals surface area (Å²) in [7, 11) is 0. The molecule has 0 aromatic heterocycles. The van der Waals surface area contributed by atoms with Crippen LogP contribution in [0.25, 0.3) is 0 Å². The highest BCUT2D eigenvalue weighted by Crippen LogP contribution is 2.56. The average molecular weight is 513 g/mol. The summed E-state index contributed by atoms with van der Waals surface area (Å²) in [4.78, 5) is 25.8. The average Bonchev–Trinajstić information content (AvgIpc) is 2.95. The monoisotopic (exact) mass is 512 g/mol. The number of carbonyl (C=O) groups is 1. The largest absolute Gasteiger partial charge is 0.482 e. The molecule has 0 amide bonds. The summed E-state index contributed by atoms with van der Waals surface area (Å²) in [6.07, 6.45) is 6.00. The van der Waals surface area contributed by atoms with Crippen molar-refractivity contribution in [1.29, 1.82) is 0 Å². The third kappa shape index (κ3) is 4.35. The number of nitrogens with zero attached hydrogens (tertiary/aromatic N) is 1. The van der Waals surface area contributed by atoms with Crippen LogP contribution >= 0.6 is 0 Å². The molecule has 1 saturated carbocycles. The van der Waals surface area contributed by atoms with Crippen LogP contribution < -0.4 is 10.1 Å². The first-order valence-electron chi connectivity index (χ1n) is 13.5. The molecule has 2 fully saturated rings. The molecule has 6 rings (SSSR count). The molecule has 1 N–H and O–H groups in total. The lowest BCUT2D eigenvalue weighted by Crippen LogP contribution is -2.59. The fourth-order valence-corrected chi connectivity index (χ4v) is 7.07. The molecular weight excluding hydrogens is 480 g/mol. The molecule has 7 nitrogen and oxygen atoms in total. The molecule has 2 bridgehead atoms. The minimum Gasteiger partial charge on any atom is -0.482 e. The van der Waals surface area contributed by atoms with Crippen LogP contribution in [0.15, 0.2) is 66.7 Å². The first-order chi connectivity index (χ1) is 18.6. The Hall–Kier alpha value is -3.71. The van der Waals surface area contributed by atoms with Gasteiger partial charge in [-0.1, -0.05) is 73.5 Å². The van der Waals surface area contributed by atoms with E-state index in [4.69, 9.17) is 9.47 Å². The van der Waals surface area contributed by atoms with E-state index in [1.165, 1.54) is 6.42 Å². The van der Waals surface area contributed by atoms with Crippen LogP contribution in [0.4, 0.5) is 5.69 Å². The Morgan fingerprint density at radius 2 is 1.71 bits per heavy atom. The number of nitro benzene ring substituents is 1. The minimum absolute atomic E-state index is 0.0517. The van der Waals surface area contributed by atoms with Gasteiger partial charge in [0.05, 0.1) is 4.92 Å². The molecule has 0 spiro atoms. The third-order valence-electron chi connectivity index (χ3n) is 8.73. The zero-order valence-corrected chi connectivity index (χ0v) is 21.4. The van der Waals surface area contributed by atoms with Gasteiger partial charge in [0.2, 0.25) is 0 Å². The van der Waals surface area contributed by atoms with Gasteiger partial charge in [-0.15, -0.1) is 0 Å². The van der Waals surface area contributed by atoms with Gasteiger partial charge in [-0.25, -0.2) is 4.79 Å². The number of rotatable bonds is 7. The van der Waals surface area contributed by atoms with E-state index in [-0.39, 0.29) is 41.7 Å². The quantitative estimate of drug-likeness (QED) is 0.242. The first kappa shape index (κ1) is 24.6. The van der Waals surface area contributed by atoms with Gasteiger partial charge in [-0.3, -0.25) is 10.1 Å². The SMILES string of the molecule is O=C(OCc1ccccc1)c1c2c(cc(OCc3ccccc3)c1[N+](=O)[O-])[C@@]13CCCC[C@H]1[C@@H](C2)NCC3. The van der Waals surface area contributed by atoms with Crippen molar-refractivity contribution in [1.82, 2.24) is 5.32 Å². The fourth-order valence-electron chi connectivity index (χ4n) is 7.07. The number of nitrogens with one attached hydrogen (secondary N) is 1. The summed E-state index contributed by atoms with van der Waals surface area (Å²) in [5, 5.41) is 16.2. The zero-order chi connectivity index (χ0) is 26.1. The highest BCUT2D eigenvalue weighted by atomic mass is 16.6. The molecule has 2 aliphatic carbocycles. The van der Waals surface area contributed by atoms with E-state index >= 15 is 0 Å². The van der Waals surface area contributed by atoms with E-state index in [1.54, 1.807) is 0 Å². The smallest absolute Gasteiger partial charge is 0.345 e. The van der Waals surface area contributed by atoms with Crippen molar-refractivity contribution in [2.24, 2.45) is 5.92 Å². The number of hydrogen-bond acceptors (Lipinski definition) is 6. The topological polar surface area (TPSA) is 90.7 Å². The summed E-state index contributed by atoms with van der Waals surface area (Å²) >= 11 is 0. The van der Waals surface area contributed by atoms with Crippen molar-refractivity contribution in [3.63, 3.8) is 0 Å². The van der Waals surface area contributed by atoms with Gasteiger partial charge < -0.3 is 14.8 Å². The fraction of sp³-hybridized carbons (Fsp3) is 0.387. The van der Waals surface area contributed by atoms with Crippen molar-refractivity contribution < 1.29 is 19.2 Å². The van der Waals surface area contributed by atoms with Crippen LogP contribution in [-0.4, -0.2) is 23.5 Å². The summed E-state index contributed by atoms with van der Waals surface area (Å²) < 4.78 is 11.9. The predicted molar refractivity (Wildman–Crippen MR) is 143 cm³/mol. The number of benzene rings is 3. The van der Waals surface area contributed by atoms with Crippen molar-refractivity contribution in [3.8, 4) is 5.75 Å². The van der Waals surface area contributed by atoms with E-state index < -0.39 is 10.9 Å². The molecule has 196 valence electrons. The molecule has 38 heavy (non-hydrogen) atoms. The molecular formula is C31H32N2O5. The van der Waals surface area contributed by atoms with E-state index in [2.05, 4.69) is 5.32 Å². The number of fused-ring (bicyclic) bond motifs is 1. The van der Waals surface area contributed by atoms with Gasteiger partial charge >= 0.3 is 11.7 Å². The summed E-state index contributed by atoms with van der Waals surface area (Å²) in [6, 6.07) is 21.1. The normalized spacial score (nSPS) is 23.6. The van der Waals surface area contributed by atoms with Crippen LogP contribution in [0.3, 0.4) is 0 Å². The predicted octanol–water partition coefficient (Wildman–Crippen LogP) is 5.88. The number of hydrogen-bond donors (Lipinski definition) is 1. The third-order valence-corrected chi connectivity index (χ3v) is 8.73. The van der Waals surface area contributed by atoms with Gasteiger partial charge in [-0.2, -0.15) is 0 Å². The number of piperidine rings is 1. The standard InChI is InChI=1S/C31H32N2O5/c34-30(38-20-22-11-5-2-6-12-22)28-23-17-26-24-13-7-8-14-31(24,15-16-32-26)25(23)18-27(29(28)33(35)36)37-19-21-9-3-1-4-10-21/h1-6,9-12,18,24,26,32H,7-8,13-17,19-20H2/t24-,26+,31+/m0/s1. The van der Waals surface area contributed by atoms with E-state index in [9.17, 15) is 14.9 Å². The lowest BCUT2D eigenvalue weighted by molar-refractivity contribution is -0.386. The molecule has 1 heterocycles. The van der Waals surface area contributed by atoms with Crippen molar-refractivity contribution in [3.05, 3.63) is 105 Å². The number of nitro groups is 1. The van der Waals surface area contributed by atoms with E-state index in [0.717, 1.165) is 54.5 Å². The maximum Gasteiger partial charge on any atom is 0.345 e. The van der Waals surface area contributed by atoms with Crippen LogP contribution in [-0.2, 0) is 29.8 Å². The van der Waals surface area contributed by atoms with Crippen LogP contribution in [0.5, 0.6) is 5.75 Å². The van der Waals surface area contributed by atoms with Gasteiger partial charge in [0, 0.05) is 11.5 Å². The lowest BCUT2D eigenvalue weighted by Gasteiger charge is -2.56. The van der Waals surface area contributed by atoms with Gasteiger partial charge in [0.15, 0.2) is 5.75 Å². The maximum absolute atomic E-state index is 13.7. The van der Waals surface area contributed by atoms with E-state index in [0.29, 0.717) is 12.3 Å². The highest BCUT2D eigenvalue weighted by molar-refractivity contribution is 5.98. The molecule has 3 atom stereocenters. The Balaban J connectivity index is 1.47. The van der Waals surface area contributed by atoms with Crippen LogP contribution in [0.2, 0.25) is 0 Å². The molecule has 7 heteroatoms. The van der Waals surface area contributed by atoms with Crippen molar-refractivity contribution >= 4 is 11.7 Å². The number of ether oxygens (including phenoxy) is 2. The number of carbonyl (C=O) groups excluding carboxylic acids is 1. The van der Waals surface area contributed by atoms with E-state index in [1.807, 2.05) is 66.7 Å². The second-order valence-electron chi connectivity index (χ2n) is 10.7. The van der Waals surface area contributed by atoms with Gasteiger partial charge in [0.1, 0.15) is 18.8 Å². The molecule has 3 aromatic carbocycles. The Morgan fingerprint density at radius 3 is 2.42 bits per heavy atom. The highest BCUT2D eigenvalue weighted by Gasteiger charge is 2.53. The minimum atomic E-state index is -0.661. The lowest BCUT2D eigenvalue weighted by atomic mass is 9.52. The second kappa shape index (κ2) is 10.2. The first-order valence-corrected chi connectivity index (χ1v) is 13.5. The summed E-state index contributed by atoms with van der Waals surface area (Å²) in [6.45, 7) is 1.14. The van der Waals surface area contributed by atoms with Gasteiger partial charge in [0.25, 0.3) is 0 Å². The molecule has 1 saturated heterocycles. The molecule has 3 aromatic rings. The maximum atomic E-state index is 13.7. The van der Waals surface area contributed by atoms with Crippen LogP contribution in [0, 0.1) is 16.0 Å². The van der Waals surface area contributed by atoms with Gasteiger partial charge in [-0.05, 0) is 66.5 Å². The molecule has 3 aliphatic rings. The van der Waals surface area contributed by atoms with Crippen LogP contribution in [0.1, 0.15) is 64.7 Å². The molecule has 1 aliphatic heterocycles. The summed E-state index contributed by atoms with van der Waals surface area (Å²) in [5.74, 6) is -0.0558. The summed E-state index contributed by atoms with van der Waals surface area (Å²) in [5.41, 5.74) is 3.22. The van der Waals surface area contributed by atoms with Crippen molar-refractivity contribution in [2.45, 2.75) is 63.2 Å². The zero-order valence-electron chi connectivity index (χ0n) is 21.4. The van der Waals surface area contributed by atoms with Crippen molar-refractivity contribution in [2.75, 3.05) is 6.54 Å². The Kier molecular flexibility index (Phi) is 6.62. The molecule has 0 unspecified atom stereocenters.